The van der Waals surface area contributed by atoms with Crippen LogP contribution in [0.2, 0.25) is 0 Å². The Morgan fingerprint density at radius 3 is 2.35 bits per heavy atom. The number of aryl methyl sites for hydroxylation is 2. The number of nitrogens with two attached hydrogens (primary N) is 1. The van der Waals surface area contributed by atoms with E-state index in [9.17, 15) is 0 Å². The van der Waals surface area contributed by atoms with Crippen molar-refractivity contribution in [3.8, 4) is 0 Å². The van der Waals surface area contributed by atoms with Crippen LogP contribution in [0, 0.1) is 24.7 Å². The third kappa shape index (κ3) is 1.93. The summed E-state index contributed by atoms with van der Waals surface area (Å²) >= 11 is 0. The minimum Gasteiger partial charge on any atom is -0.330 e. The molecule has 20 heavy (non-hydrogen) atoms. The Morgan fingerprint density at radius 2 is 1.80 bits per heavy atom. The van der Waals surface area contributed by atoms with Crippen molar-refractivity contribution < 1.29 is 0 Å². The van der Waals surface area contributed by atoms with Crippen LogP contribution in [0.5, 0.6) is 0 Å². The predicted molar refractivity (Wildman–Crippen MR) is 80.5 cm³/mol. The largest absolute Gasteiger partial charge is 0.330 e. The molecule has 3 heteroatoms. The first-order valence-electron chi connectivity index (χ1n) is 8.44. The standard InChI is InChI=1S/C17H27N3/c1-12-19-16(3-2-4-18)11-20(12)17-8-13-5-14(9-17)7-15(6-13)10-17/h11,13-15H,2-10,18H2,1H3. The fourth-order valence-corrected chi connectivity index (χ4v) is 5.78. The van der Waals surface area contributed by atoms with E-state index < -0.39 is 0 Å². The molecular formula is C17H27N3. The number of hydrogen-bond acceptors (Lipinski definition) is 2. The molecule has 4 bridgehead atoms. The predicted octanol–water partition coefficient (Wildman–Crippen LogP) is 3.01. The summed E-state index contributed by atoms with van der Waals surface area (Å²) in [5.41, 5.74) is 7.31. The van der Waals surface area contributed by atoms with E-state index in [1.807, 2.05) is 0 Å². The van der Waals surface area contributed by atoms with Crippen LogP contribution in [0.3, 0.4) is 0 Å². The van der Waals surface area contributed by atoms with Gasteiger partial charge in [-0.25, -0.2) is 4.98 Å². The quantitative estimate of drug-likeness (QED) is 0.916. The highest BCUT2D eigenvalue weighted by Gasteiger charge is 2.52. The Labute approximate surface area is 122 Å². The zero-order valence-electron chi connectivity index (χ0n) is 12.6. The molecule has 3 nitrogen and oxygen atoms in total. The van der Waals surface area contributed by atoms with Crippen LogP contribution in [-0.4, -0.2) is 16.1 Å². The summed E-state index contributed by atoms with van der Waals surface area (Å²) in [6, 6.07) is 0. The number of hydrogen-bond donors (Lipinski definition) is 1. The second-order valence-electron chi connectivity index (χ2n) is 7.68. The van der Waals surface area contributed by atoms with Crippen molar-refractivity contribution in [2.24, 2.45) is 23.5 Å². The van der Waals surface area contributed by atoms with Gasteiger partial charge in [-0.05, 0) is 82.6 Å². The lowest BCUT2D eigenvalue weighted by Crippen LogP contribution is -2.51. The molecule has 4 fully saturated rings. The first kappa shape index (κ1) is 12.9. The lowest BCUT2D eigenvalue weighted by Gasteiger charge is -2.57. The molecular weight excluding hydrogens is 246 g/mol. The van der Waals surface area contributed by atoms with E-state index >= 15 is 0 Å². The van der Waals surface area contributed by atoms with Crippen LogP contribution in [-0.2, 0) is 12.0 Å². The molecule has 5 rings (SSSR count). The molecule has 0 radical (unpaired) electrons. The summed E-state index contributed by atoms with van der Waals surface area (Å²) in [4.78, 5) is 4.81. The molecule has 1 aromatic heterocycles. The van der Waals surface area contributed by atoms with Gasteiger partial charge in [-0.3, -0.25) is 0 Å². The summed E-state index contributed by atoms with van der Waals surface area (Å²) in [7, 11) is 0. The van der Waals surface area contributed by atoms with Gasteiger partial charge in [0.2, 0.25) is 0 Å². The van der Waals surface area contributed by atoms with Crippen molar-refractivity contribution in [2.75, 3.05) is 6.54 Å². The van der Waals surface area contributed by atoms with Gasteiger partial charge in [-0.2, -0.15) is 0 Å². The second-order valence-corrected chi connectivity index (χ2v) is 7.68. The molecule has 4 aliphatic rings. The molecule has 1 heterocycles. The van der Waals surface area contributed by atoms with E-state index in [0.717, 1.165) is 37.1 Å². The third-order valence-corrected chi connectivity index (χ3v) is 6.09. The maximum atomic E-state index is 5.63. The SMILES string of the molecule is Cc1nc(CCCN)cn1C12CC3CC(CC(C3)C1)C2. The molecule has 4 saturated carbocycles. The second kappa shape index (κ2) is 4.59. The Kier molecular flexibility index (Phi) is 2.95. The number of nitrogens with zero attached hydrogens (tertiary/aromatic N) is 2. The highest BCUT2D eigenvalue weighted by Crippen LogP contribution is 2.59. The van der Waals surface area contributed by atoms with Crippen LogP contribution in [0.25, 0.3) is 0 Å². The minimum atomic E-state index is 0.423. The summed E-state index contributed by atoms with van der Waals surface area (Å²) in [5.74, 6) is 4.22. The average molecular weight is 273 g/mol. The summed E-state index contributed by atoms with van der Waals surface area (Å²) < 4.78 is 2.57. The van der Waals surface area contributed by atoms with Crippen molar-refractivity contribution in [2.45, 2.75) is 63.8 Å². The van der Waals surface area contributed by atoms with Crippen molar-refractivity contribution >= 4 is 0 Å². The van der Waals surface area contributed by atoms with Gasteiger partial charge in [-0.1, -0.05) is 0 Å². The Balaban J connectivity index is 1.65. The molecule has 0 spiro atoms. The van der Waals surface area contributed by atoms with E-state index in [-0.39, 0.29) is 0 Å². The van der Waals surface area contributed by atoms with Crippen LogP contribution in [0.4, 0.5) is 0 Å². The monoisotopic (exact) mass is 273 g/mol. The molecule has 110 valence electrons. The van der Waals surface area contributed by atoms with Crippen LogP contribution < -0.4 is 5.73 Å². The summed E-state index contributed by atoms with van der Waals surface area (Å²) in [6.45, 7) is 2.97. The van der Waals surface area contributed by atoms with Crippen molar-refractivity contribution in [3.63, 3.8) is 0 Å². The van der Waals surface area contributed by atoms with E-state index in [1.165, 1.54) is 50.0 Å². The first-order valence-corrected chi connectivity index (χ1v) is 8.44. The number of imidazole rings is 1. The Hall–Kier alpha value is -0.830. The van der Waals surface area contributed by atoms with E-state index in [0.29, 0.717) is 5.54 Å². The van der Waals surface area contributed by atoms with Gasteiger partial charge < -0.3 is 10.3 Å². The first-order chi connectivity index (χ1) is 9.68. The fourth-order valence-electron chi connectivity index (χ4n) is 5.78. The minimum absolute atomic E-state index is 0.423. The number of aromatic nitrogens is 2. The van der Waals surface area contributed by atoms with E-state index in [4.69, 9.17) is 10.7 Å². The average Bonchev–Trinajstić information content (AvgIpc) is 2.77. The van der Waals surface area contributed by atoms with Crippen molar-refractivity contribution in [1.29, 1.82) is 0 Å². The third-order valence-electron chi connectivity index (χ3n) is 6.09. The summed E-state index contributed by atoms with van der Waals surface area (Å²) in [5, 5.41) is 0. The van der Waals surface area contributed by atoms with Crippen LogP contribution in [0.1, 0.15) is 56.5 Å². The molecule has 0 saturated heterocycles. The van der Waals surface area contributed by atoms with Gasteiger partial charge in [0.25, 0.3) is 0 Å². The van der Waals surface area contributed by atoms with E-state index in [2.05, 4.69) is 17.7 Å². The van der Waals surface area contributed by atoms with Crippen molar-refractivity contribution in [3.05, 3.63) is 17.7 Å². The van der Waals surface area contributed by atoms with Gasteiger partial charge in [0.05, 0.1) is 5.69 Å². The van der Waals surface area contributed by atoms with Gasteiger partial charge in [0.15, 0.2) is 0 Å². The molecule has 1 aromatic rings. The molecule has 0 atom stereocenters. The van der Waals surface area contributed by atoms with Crippen LogP contribution in [0.15, 0.2) is 6.20 Å². The lowest BCUT2D eigenvalue weighted by molar-refractivity contribution is -0.0440. The zero-order valence-corrected chi connectivity index (χ0v) is 12.6. The molecule has 0 unspecified atom stereocenters. The number of rotatable bonds is 4. The molecule has 0 aliphatic heterocycles. The maximum absolute atomic E-state index is 5.63. The van der Waals surface area contributed by atoms with E-state index in [1.54, 1.807) is 0 Å². The molecule has 0 aromatic carbocycles. The highest BCUT2D eigenvalue weighted by atomic mass is 15.1. The molecule has 0 amide bonds. The van der Waals surface area contributed by atoms with Gasteiger partial charge >= 0.3 is 0 Å². The Bertz CT molecular complexity index is 467. The van der Waals surface area contributed by atoms with Gasteiger partial charge in [0, 0.05) is 11.7 Å². The smallest absolute Gasteiger partial charge is 0.106 e. The lowest BCUT2D eigenvalue weighted by atomic mass is 9.53. The van der Waals surface area contributed by atoms with Crippen molar-refractivity contribution in [1.82, 2.24) is 9.55 Å². The fraction of sp³-hybridized carbons (Fsp3) is 0.824. The zero-order chi connectivity index (χ0) is 13.7. The normalized spacial score (nSPS) is 38.6. The topological polar surface area (TPSA) is 43.8 Å². The van der Waals surface area contributed by atoms with Crippen LogP contribution >= 0.6 is 0 Å². The van der Waals surface area contributed by atoms with Gasteiger partial charge in [-0.15, -0.1) is 0 Å². The Morgan fingerprint density at radius 1 is 1.20 bits per heavy atom. The molecule has 2 N–H and O–H groups in total. The highest BCUT2D eigenvalue weighted by molar-refractivity contribution is 5.13. The molecule has 4 aliphatic carbocycles. The van der Waals surface area contributed by atoms with Gasteiger partial charge in [0.1, 0.15) is 5.82 Å². The maximum Gasteiger partial charge on any atom is 0.106 e. The summed E-state index contributed by atoms with van der Waals surface area (Å²) in [6.07, 6.45) is 13.2.